The van der Waals surface area contributed by atoms with Crippen molar-refractivity contribution in [2.24, 2.45) is 0 Å². The molecule has 1 saturated heterocycles. The molecule has 1 aliphatic heterocycles. The van der Waals surface area contributed by atoms with Crippen LogP contribution in [0, 0.1) is 5.82 Å². The first kappa shape index (κ1) is 23.7. The average Bonchev–Trinajstić information content (AvgIpc) is 3.27. The number of aliphatic carboxylic acids is 1. The summed E-state index contributed by atoms with van der Waals surface area (Å²) in [4.78, 5) is 26.0. The van der Waals surface area contributed by atoms with Gasteiger partial charge in [-0.2, -0.15) is 0 Å². The number of carbonyl (C=O) groups is 2. The van der Waals surface area contributed by atoms with Gasteiger partial charge in [-0.05, 0) is 54.9 Å². The van der Waals surface area contributed by atoms with Crippen molar-refractivity contribution in [1.29, 1.82) is 0 Å². The summed E-state index contributed by atoms with van der Waals surface area (Å²) in [5.41, 5.74) is 2.22. The Bertz CT molecular complexity index is 1170. The van der Waals surface area contributed by atoms with Gasteiger partial charge in [0, 0.05) is 27.6 Å². The van der Waals surface area contributed by atoms with E-state index in [1.54, 1.807) is 11.3 Å². The van der Waals surface area contributed by atoms with E-state index in [9.17, 15) is 14.0 Å². The molecule has 172 valence electrons. The molecule has 3 N–H and O–H groups in total. The highest BCUT2D eigenvalue weighted by atomic mass is 35.5. The van der Waals surface area contributed by atoms with Crippen LogP contribution in [0.1, 0.15) is 22.9 Å². The fourth-order valence-corrected chi connectivity index (χ4v) is 5.69. The minimum absolute atomic E-state index is 0.000283. The SMILES string of the molecule is CN1SNC(c2ccc(-c3ccc(CC(=O)O)cc3)s2)CC1C(=O)Nc1ccc(F)c(Cl)c1. The van der Waals surface area contributed by atoms with Gasteiger partial charge >= 0.3 is 5.97 Å². The number of nitrogens with one attached hydrogen (secondary N) is 2. The van der Waals surface area contributed by atoms with Crippen molar-refractivity contribution in [2.75, 3.05) is 12.4 Å². The van der Waals surface area contributed by atoms with E-state index in [-0.39, 0.29) is 23.4 Å². The topological polar surface area (TPSA) is 81.7 Å². The molecule has 2 unspecified atom stereocenters. The van der Waals surface area contributed by atoms with Gasteiger partial charge in [-0.1, -0.05) is 35.9 Å². The highest BCUT2D eigenvalue weighted by molar-refractivity contribution is 7.95. The zero-order chi connectivity index (χ0) is 23.5. The molecule has 2 atom stereocenters. The molecule has 1 amide bonds. The number of carboxylic acids is 1. The number of anilines is 1. The molecule has 4 rings (SSSR count). The van der Waals surface area contributed by atoms with Crippen LogP contribution in [0.5, 0.6) is 0 Å². The third-order valence-corrected chi connectivity index (χ3v) is 7.76. The van der Waals surface area contributed by atoms with Crippen LogP contribution in [0.15, 0.2) is 54.6 Å². The standard InChI is InChI=1S/C23H21ClFN3O3S2/c1-28-19(23(31)26-15-6-7-17(25)16(24)11-15)12-18(27-33-28)21-9-8-20(32-21)14-4-2-13(3-5-14)10-22(29)30/h2-9,11,18-19,27H,10,12H2,1H3,(H,26,31)(H,29,30). The van der Waals surface area contributed by atoms with Crippen LogP contribution in [0.2, 0.25) is 5.02 Å². The highest BCUT2D eigenvalue weighted by Crippen LogP contribution is 2.37. The van der Waals surface area contributed by atoms with Gasteiger partial charge in [0.25, 0.3) is 0 Å². The lowest BCUT2D eigenvalue weighted by atomic mass is 10.0. The molecule has 6 nitrogen and oxygen atoms in total. The number of thiophene rings is 1. The number of nitrogens with zero attached hydrogens (tertiary/aromatic N) is 1. The number of hydrogen-bond acceptors (Lipinski definition) is 6. The van der Waals surface area contributed by atoms with E-state index in [1.807, 2.05) is 47.8 Å². The van der Waals surface area contributed by atoms with E-state index in [0.717, 1.165) is 20.9 Å². The second-order valence-corrected chi connectivity index (χ2v) is 10.2. The lowest BCUT2D eigenvalue weighted by Gasteiger charge is -2.35. The molecule has 0 radical (unpaired) electrons. The first-order valence-corrected chi connectivity index (χ1v) is 12.1. The van der Waals surface area contributed by atoms with Gasteiger partial charge in [0.1, 0.15) is 11.9 Å². The van der Waals surface area contributed by atoms with Crippen LogP contribution in [0.3, 0.4) is 0 Å². The summed E-state index contributed by atoms with van der Waals surface area (Å²) < 4.78 is 18.6. The Kier molecular flexibility index (Phi) is 7.35. The Morgan fingerprint density at radius 3 is 2.67 bits per heavy atom. The van der Waals surface area contributed by atoms with Gasteiger partial charge in [-0.25, -0.2) is 13.4 Å². The lowest BCUT2D eigenvalue weighted by molar-refractivity contribution is -0.136. The summed E-state index contributed by atoms with van der Waals surface area (Å²) in [7, 11) is 1.84. The van der Waals surface area contributed by atoms with Crippen LogP contribution in [0.4, 0.5) is 10.1 Å². The third-order valence-electron chi connectivity index (χ3n) is 5.29. The van der Waals surface area contributed by atoms with Gasteiger partial charge in [-0.3, -0.25) is 9.59 Å². The van der Waals surface area contributed by atoms with Crippen molar-refractivity contribution in [3.63, 3.8) is 0 Å². The molecule has 1 aliphatic rings. The van der Waals surface area contributed by atoms with E-state index >= 15 is 0 Å². The Hall–Kier alpha value is -2.43. The number of rotatable bonds is 6. The first-order chi connectivity index (χ1) is 15.8. The molecule has 0 aliphatic carbocycles. The molecule has 3 aromatic rings. The van der Waals surface area contributed by atoms with Crippen LogP contribution in [0.25, 0.3) is 10.4 Å². The molecule has 0 spiro atoms. The maximum absolute atomic E-state index is 13.4. The molecule has 0 saturated carbocycles. The summed E-state index contributed by atoms with van der Waals surface area (Å²) >= 11 is 8.83. The summed E-state index contributed by atoms with van der Waals surface area (Å²) in [5.74, 6) is -1.58. The van der Waals surface area contributed by atoms with Gasteiger partial charge < -0.3 is 10.4 Å². The van der Waals surface area contributed by atoms with Gasteiger partial charge in [0.2, 0.25) is 5.91 Å². The number of carbonyl (C=O) groups excluding carboxylic acids is 1. The normalized spacial score (nSPS) is 18.8. The van der Waals surface area contributed by atoms with Crippen molar-refractivity contribution >= 4 is 52.6 Å². The van der Waals surface area contributed by atoms with E-state index < -0.39 is 17.8 Å². The molecule has 0 bridgehead atoms. The van der Waals surface area contributed by atoms with E-state index in [2.05, 4.69) is 10.0 Å². The first-order valence-electron chi connectivity index (χ1n) is 10.1. The molecule has 33 heavy (non-hydrogen) atoms. The van der Waals surface area contributed by atoms with Gasteiger partial charge in [-0.15, -0.1) is 11.3 Å². The van der Waals surface area contributed by atoms with Crippen molar-refractivity contribution < 1.29 is 19.1 Å². The maximum Gasteiger partial charge on any atom is 0.307 e. The summed E-state index contributed by atoms with van der Waals surface area (Å²) in [5, 5.41) is 11.7. The molecule has 1 fully saturated rings. The average molecular weight is 506 g/mol. The highest BCUT2D eigenvalue weighted by Gasteiger charge is 2.33. The van der Waals surface area contributed by atoms with Crippen molar-refractivity contribution in [3.8, 4) is 10.4 Å². The quantitative estimate of drug-likeness (QED) is 0.391. The maximum atomic E-state index is 13.4. The zero-order valence-electron chi connectivity index (χ0n) is 17.5. The minimum Gasteiger partial charge on any atom is -0.481 e. The number of benzene rings is 2. The number of likely N-dealkylation sites (N-methyl/N-ethyl adjacent to an activating group) is 1. The van der Waals surface area contributed by atoms with Crippen molar-refractivity contribution in [3.05, 3.63) is 75.9 Å². The zero-order valence-corrected chi connectivity index (χ0v) is 19.9. The molecule has 2 aromatic carbocycles. The second kappa shape index (κ2) is 10.2. The van der Waals surface area contributed by atoms with Crippen LogP contribution < -0.4 is 10.0 Å². The summed E-state index contributed by atoms with van der Waals surface area (Å²) in [6.07, 6.45) is 0.558. The predicted molar refractivity (Wildman–Crippen MR) is 131 cm³/mol. The Morgan fingerprint density at radius 2 is 1.97 bits per heavy atom. The predicted octanol–water partition coefficient (Wildman–Crippen LogP) is 5.37. The number of hydrogen-bond donors (Lipinski definition) is 3. The van der Waals surface area contributed by atoms with Crippen molar-refractivity contribution in [1.82, 2.24) is 9.03 Å². The Labute approximate surface area is 204 Å². The van der Waals surface area contributed by atoms with E-state index in [4.69, 9.17) is 16.7 Å². The fraction of sp³-hybridized carbons (Fsp3) is 0.217. The molecule has 2 heterocycles. The second-order valence-electron chi connectivity index (χ2n) is 7.65. The minimum atomic E-state index is -0.854. The van der Waals surface area contributed by atoms with Gasteiger partial charge in [0.05, 0.1) is 17.5 Å². The van der Waals surface area contributed by atoms with E-state index in [0.29, 0.717) is 12.1 Å². The molecular formula is C23H21ClFN3O3S2. The summed E-state index contributed by atoms with van der Waals surface area (Å²) in [6.45, 7) is 0. The molecule has 1 aromatic heterocycles. The van der Waals surface area contributed by atoms with Crippen LogP contribution in [-0.4, -0.2) is 34.4 Å². The van der Waals surface area contributed by atoms with Crippen molar-refractivity contribution in [2.45, 2.75) is 24.9 Å². The van der Waals surface area contributed by atoms with Gasteiger partial charge in [0.15, 0.2) is 0 Å². The Morgan fingerprint density at radius 1 is 1.21 bits per heavy atom. The smallest absolute Gasteiger partial charge is 0.307 e. The molecular weight excluding hydrogens is 485 g/mol. The Balaban J connectivity index is 1.44. The summed E-state index contributed by atoms with van der Waals surface area (Å²) in [6, 6.07) is 15.3. The lowest BCUT2D eigenvalue weighted by Crippen LogP contribution is -2.45. The fourth-order valence-electron chi connectivity index (χ4n) is 3.53. The largest absolute Gasteiger partial charge is 0.481 e. The number of halogens is 2. The monoisotopic (exact) mass is 505 g/mol. The third kappa shape index (κ3) is 5.74. The number of amides is 1. The van der Waals surface area contributed by atoms with Crippen LogP contribution >= 0.6 is 35.1 Å². The van der Waals surface area contributed by atoms with E-state index in [1.165, 1.54) is 30.3 Å². The number of carboxylic acid groups (broad SMARTS) is 1. The van der Waals surface area contributed by atoms with Crippen LogP contribution in [-0.2, 0) is 16.0 Å². The molecule has 10 heteroatoms.